The number of aryl methyl sites for hydroxylation is 1. The summed E-state index contributed by atoms with van der Waals surface area (Å²) in [5, 5.41) is 3.03. The van der Waals surface area contributed by atoms with Crippen molar-refractivity contribution < 1.29 is 13.2 Å². The summed E-state index contributed by atoms with van der Waals surface area (Å²) < 4.78 is 26.3. The number of sulfonamides is 1. The first-order valence-electron chi connectivity index (χ1n) is 9.09. The van der Waals surface area contributed by atoms with E-state index in [0.717, 1.165) is 21.7 Å². The van der Waals surface area contributed by atoms with Crippen LogP contribution in [0.4, 0.5) is 0 Å². The van der Waals surface area contributed by atoms with Crippen LogP contribution in [0.25, 0.3) is 0 Å². The molecule has 2 aliphatic carbocycles. The molecule has 138 valence electrons. The van der Waals surface area contributed by atoms with E-state index < -0.39 is 10.0 Å². The van der Waals surface area contributed by atoms with Crippen molar-refractivity contribution in [3.63, 3.8) is 0 Å². The maximum Gasteiger partial charge on any atom is 0.243 e. The Morgan fingerprint density at radius 3 is 2.48 bits per heavy atom. The van der Waals surface area contributed by atoms with Crippen molar-refractivity contribution in [1.29, 1.82) is 0 Å². The van der Waals surface area contributed by atoms with E-state index in [1.54, 1.807) is 24.3 Å². The van der Waals surface area contributed by atoms with Gasteiger partial charge in [0, 0.05) is 13.1 Å². The first kappa shape index (κ1) is 18.4. The minimum absolute atomic E-state index is 0.110. The predicted octanol–water partition coefficient (Wildman–Crippen LogP) is 2.56. The molecule has 0 heterocycles. The van der Waals surface area contributed by atoms with E-state index in [9.17, 15) is 13.2 Å². The highest BCUT2D eigenvalue weighted by atomic mass is 32.2. The average molecular weight is 365 g/mol. The Morgan fingerprint density at radius 1 is 1.24 bits per heavy atom. The molecule has 2 bridgehead atoms. The third-order valence-corrected chi connectivity index (χ3v) is 7.74. The maximum atomic E-state index is 12.6. The zero-order valence-corrected chi connectivity index (χ0v) is 16.1. The molecule has 1 aromatic rings. The molecule has 0 radical (unpaired) electrons. The fourth-order valence-electron chi connectivity index (χ4n) is 4.49. The first-order valence-corrected chi connectivity index (χ1v) is 10.5. The quantitative estimate of drug-likeness (QED) is 0.844. The predicted molar refractivity (Wildman–Crippen MR) is 97.5 cm³/mol. The van der Waals surface area contributed by atoms with Gasteiger partial charge in [-0.15, -0.1) is 0 Å². The number of hydrogen-bond donors (Lipinski definition) is 1. The third kappa shape index (κ3) is 3.90. The highest BCUT2D eigenvalue weighted by Gasteiger charge is 2.42. The minimum atomic E-state index is -3.64. The Balaban J connectivity index is 1.57. The Kier molecular flexibility index (Phi) is 5.21. The summed E-state index contributed by atoms with van der Waals surface area (Å²) in [4.78, 5) is 12.6. The zero-order valence-electron chi connectivity index (χ0n) is 15.2. The SMILES string of the molecule is Cc1ccc(S(=O)(=O)N(C)CC(=O)N[C@H](C)[C@@H]2C[C@@H]3CC[C@@H]2C3)cc1. The molecule has 0 aromatic heterocycles. The van der Waals surface area contributed by atoms with Crippen LogP contribution in [0, 0.1) is 24.7 Å². The summed E-state index contributed by atoms with van der Waals surface area (Å²) >= 11 is 0. The summed E-state index contributed by atoms with van der Waals surface area (Å²) in [5.41, 5.74) is 0.999. The van der Waals surface area contributed by atoms with Crippen molar-refractivity contribution >= 4 is 15.9 Å². The van der Waals surface area contributed by atoms with Crippen molar-refractivity contribution in [2.45, 2.75) is 50.5 Å². The van der Waals surface area contributed by atoms with Crippen molar-refractivity contribution in [2.24, 2.45) is 17.8 Å². The second-order valence-electron chi connectivity index (χ2n) is 7.77. The largest absolute Gasteiger partial charge is 0.352 e. The molecule has 3 rings (SSSR count). The van der Waals surface area contributed by atoms with Gasteiger partial charge >= 0.3 is 0 Å². The van der Waals surface area contributed by atoms with Gasteiger partial charge in [-0.3, -0.25) is 4.79 Å². The normalized spacial score (nSPS) is 26.8. The Morgan fingerprint density at radius 2 is 1.92 bits per heavy atom. The monoisotopic (exact) mass is 364 g/mol. The van der Waals surface area contributed by atoms with Gasteiger partial charge in [0.2, 0.25) is 15.9 Å². The number of nitrogens with zero attached hydrogens (tertiary/aromatic N) is 1. The van der Waals surface area contributed by atoms with Gasteiger partial charge in [-0.2, -0.15) is 4.31 Å². The summed E-state index contributed by atoms with van der Waals surface area (Å²) in [6, 6.07) is 6.79. The van der Waals surface area contributed by atoms with Crippen LogP contribution < -0.4 is 5.32 Å². The number of hydrogen-bond acceptors (Lipinski definition) is 3. The molecule has 0 aliphatic heterocycles. The van der Waals surface area contributed by atoms with Gasteiger partial charge in [-0.05, 0) is 63.0 Å². The molecule has 25 heavy (non-hydrogen) atoms. The van der Waals surface area contributed by atoms with Crippen LogP contribution in [-0.2, 0) is 14.8 Å². The standard InChI is InChI=1S/C19H28N2O3S/c1-13-4-8-17(9-5-13)25(23,24)21(3)12-19(22)20-14(2)18-11-15-6-7-16(18)10-15/h4-5,8-9,14-16,18H,6-7,10-12H2,1-3H3,(H,20,22)/t14-,15-,16-,18+/m1/s1. The number of nitrogens with one attached hydrogen (secondary N) is 1. The minimum Gasteiger partial charge on any atom is -0.352 e. The van der Waals surface area contributed by atoms with Crippen molar-refractivity contribution in [3.05, 3.63) is 29.8 Å². The van der Waals surface area contributed by atoms with Crippen molar-refractivity contribution in [1.82, 2.24) is 9.62 Å². The van der Waals surface area contributed by atoms with Crippen LogP contribution >= 0.6 is 0 Å². The second kappa shape index (κ2) is 7.08. The summed E-state index contributed by atoms with van der Waals surface area (Å²) in [7, 11) is -2.19. The summed E-state index contributed by atoms with van der Waals surface area (Å²) in [6.07, 6.45) is 5.10. The van der Waals surface area contributed by atoms with Gasteiger partial charge in [0.1, 0.15) is 0 Å². The number of likely N-dealkylation sites (N-methyl/N-ethyl adjacent to an activating group) is 1. The van der Waals surface area contributed by atoms with E-state index >= 15 is 0 Å². The van der Waals surface area contributed by atoms with Gasteiger partial charge in [-0.25, -0.2) is 8.42 Å². The highest BCUT2D eigenvalue weighted by Crippen LogP contribution is 2.49. The van der Waals surface area contributed by atoms with Crippen LogP contribution in [0.15, 0.2) is 29.2 Å². The zero-order chi connectivity index (χ0) is 18.2. The molecular weight excluding hydrogens is 336 g/mol. The van der Waals surface area contributed by atoms with E-state index in [0.29, 0.717) is 5.92 Å². The molecule has 5 nitrogen and oxygen atoms in total. The fourth-order valence-corrected chi connectivity index (χ4v) is 5.62. The molecule has 0 spiro atoms. The summed E-state index contributed by atoms with van der Waals surface area (Å²) in [5.74, 6) is 1.88. The summed E-state index contributed by atoms with van der Waals surface area (Å²) in [6.45, 7) is 3.81. The molecule has 1 aromatic carbocycles. The van der Waals surface area contributed by atoms with E-state index in [-0.39, 0.29) is 23.4 Å². The second-order valence-corrected chi connectivity index (χ2v) is 9.81. The lowest BCUT2D eigenvalue weighted by atomic mass is 9.84. The highest BCUT2D eigenvalue weighted by molar-refractivity contribution is 7.89. The van der Waals surface area contributed by atoms with Crippen LogP contribution in [0.1, 0.15) is 38.2 Å². The smallest absolute Gasteiger partial charge is 0.243 e. The number of carbonyl (C=O) groups is 1. The molecule has 4 atom stereocenters. The van der Waals surface area contributed by atoms with Crippen LogP contribution in [0.3, 0.4) is 0 Å². The maximum absolute atomic E-state index is 12.6. The van der Waals surface area contributed by atoms with Gasteiger partial charge < -0.3 is 5.32 Å². The number of rotatable bonds is 6. The van der Waals surface area contributed by atoms with Crippen molar-refractivity contribution in [2.75, 3.05) is 13.6 Å². The molecule has 2 fully saturated rings. The molecule has 1 N–H and O–H groups in total. The number of fused-ring (bicyclic) bond motifs is 2. The topological polar surface area (TPSA) is 66.5 Å². The molecule has 2 aliphatic rings. The first-order chi connectivity index (χ1) is 11.8. The van der Waals surface area contributed by atoms with Gasteiger partial charge in [0.15, 0.2) is 0 Å². The Bertz CT molecular complexity index is 730. The Hall–Kier alpha value is -1.40. The number of benzene rings is 1. The van der Waals surface area contributed by atoms with Gasteiger partial charge in [0.05, 0.1) is 11.4 Å². The lowest BCUT2D eigenvalue weighted by Crippen LogP contribution is -2.45. The van der Waals surface area contributed by atoms with Crippen LogP contribution in [0.5, 0.6) is 0 Å². The average Bonchev–Trinajstić information content (AvgIpc) is 3.18. The lowest BCUT2D eigenvalue weighted by Gasteiger charge is -2.29. The van der Waals surface area contributed by atoms with Gasteiger partial charge in [-0.1, -0.05) is 24.1 Å². The molecule has 6 heteroatoms. The molecule has 2 saturated carbocycles. The van der Waals surface area contributed by atoms with E-state index in [4.69, 9.17) is 0 Å². The number of amides is 1. The van der Waals surface area contributed by atoms with Crippen molar-refractivity contribution in [3.8, 4) is 0 Å². The van der Waals surface area contributed by atoms with Crippen LogP contribution in [0.2, 0.25) is 0 Å². The van der Waals surface area contributed by atoms with E-state index in [1.165, 1.54) is 32.7 Å². The Labute approximate surface area is 150 Å². The molecule has 1 amide bonds. The van der Waals surface area contributed by atoms with E-state index in [2.05, 4.69) is 12.2 Å². The molecule has 0 unspecified atom stereocenters. The van der Waals surface area contributed by atoms with Crippen LogP contribution in [-0.4, -0.2) is 38.3 Å². The van der Waals surface area contributed by atoms with Gasteiger partial charge in [0.25, 0.3) is 0 Å². The van der Waals surface area contributed by atoms with E-state index in [1.807, 2.05) is 6.92 Å². The molecular formula is C19H28N2O3S. The fraction of sp³-hybridized carbons (Fsp3) is 0.632. The third-order valence-electron chi connectivity index (χ3n) is 5.92. The lowest BCUT2D eigenvalue weighted by molar-refractivity contribution is -0.122. The molecule has 0 saturated heterocycles. The number of carbonyl (C=O) groups excluding carboxylic acids is 1.